The molecule has 0 bridgehead atoms. The molecule has 24 heavy (non-hydrogen) atoms. The predicted molar refractivity (Wildman–Crippen MR) is 87.5 cm³/mol. The van der Waals surface area contributed by atoms with Gasteiger partial charge in [0.15, 0.2) is 0 Å². The van der Waals surface area contributed by atoms with Gasteiger partial charge >= 0.3 is 0 Å². The van der Waals surface area contributed by atoms with Gasteiger partial charge in [0.05, 0.1) is 46.5 Å². The predicted octanol–water partition coefficient (Wildman–Crippen LogP) is 1.95. The summed E-state index contributed by atoms with van der Waals surface area (Å²) in [5.41, 5.74) is 2.71. The average molecular weight is 344 g/mol. The van der Waals surface area contributed by atoms with Crippen molar-refractivity contribution in [3.63, 3.8) is 0 Å². The summed E-state index contributed by atoms with van der Waals surface area (Å²) in [5, 5.41) is 10.7. The Hall–Kier alpha value is -3.07. The number of hydrogen-bond acceptors (Lipinski definition) is 6. The van der Waals surface area contributed by atoms with Crippen LogP contribution in [0.2, 0.25) is 0 Å². The van der Waals surface area contributed by atoms with E-state index in [4.69, 9.17) is 0 Å². The second-order valence-electron chi connectivity index (χ2n) is 4.95. The topological polar surface area (TPSA) is 108 Å². The van der Waals surface area contributed by atoms with Crippen LogP contribution in [0.1, 0.15) is 5.69 Å². The second-order valence-corrected chi connectivity index (χ2v) is 5.93. The van der Waals surface area contributed by atoms with E-state index in [2.05, 4.69) is 9.97 Å². The maximum absolute atomic E-state index is 10.7. The number of hydrogen-bond donors (Lipinski definition) is 1. The van der Waals surface area contributed by atoms with Gasteiger partial charge in [-0.2, -0.15) is 0 Å². The van der Waals surface area contributed by atoms with Crippen molar-refractivity contribution < 1.29 is 13.3 Å². The number of imidazole rings is 1. The van der Waals surface area contributed by atoms with Crippen LogP contribution in [-0.2, 0) is 16.5 Å². The van der Waals surface area contributed by atoms with Crippen LogP contribution in [0.5, 0.6) is 0 Å². The fourth-order valence-corrected chi connectivity index (χ4v) is 2.70. The zero-order chi connectivity index (χ0) is 17.1. The SMILES string of the molecule is O=[N+]([O-])c1ccc(-c2cncn2-c2ccc(C[SH](=O)=O)nc2)cc1. The molecule has 8 nitrogen and oxygen atoms in total. The maximum Gasteiger partial charge on any atom is 0.269 e. The third kappa shape index (κ3) is 3.30. The zero-order valence-electron chi connectivity index (χ0n) is 12.3. The van der Waals surface area contributed by atoms with Crippen molar-refractivity contribution >= 4 is 16.4 Å². The summed E-state index contributed by atoms with van der Waals surface area (Å²) in [6.07, 6.45) is 4.80. The summed E-state index contributed by atoms with van der Waals surface area (Å²) in [5.74, 6) is -0.102. The van der Waals surface area contributed by atoms with Crippen molar-refractivity contribution in [2.24, 2.45) is 0 Å². The van der Waals surface area contributed by atoms with E-state index in [-0.39, 0.29) is 11.4 Å². The lowest BCUT2D eigenvalue weighted by molar-refractivity contribution is -0.384. The molecule has 3 aromatic rings. The van der Waals surface area contributed by atoms with Crippen molar-refractivity contribution in [1.29, 1.82) is 0 Å². The molecule has 2 heterocycles. The van der Waals surface area contributed by atoms with Crippen LogP contribution >= 0.6 is 0 Å². The summed E-state index contributed by atoms with van der Waals surface area (Å²) in [7, 11) is -2.52. The molecule has 0 unspecified atom stereocenters. The molecule has 0 spiro atoms. The van der Waals surface area contributed by atoms with Gasteiger partial charge in [-0.25, -0.2) is 13.4 Å². The number of aromatic nitrogens is 3. The van der Waals surface area contributed by atoms with Crippen molar-refractivity contribution in [2.45, 2.75) is 5.75 Å². The maximum atomic E-state index is 10.7. The van der Waals surface area contributed by atoms with Gasteiger partial charge in [-0.15, -0.1) is 0 Å². The molecule has 122 valence electrons. The first-order valence-electron chi connectivity index (χ1n) is 6.89. The number of non-ortho nitro benzene ring substituents is 1. The molecule has 0 saturated heterocycles. The number of rotatable bonds is 5. The van der Waals surface area contributed by atoms with Gasteiger partial charge in [-0.05, 0) is 24.3 Å². The van der Waals surface area contributed by atoms with Crippen LogP contribution in [0, 0.1) is 10.1 Å². The lowest BCUT2D eigenvalue weighted by Crippen LogP contribution is -1.98. The molecule has 0 atom stereocenters. The van der Waals surface area contributed by atoms with E-state index >= 15 is 0 Å². The molecule has 0 fully saturated rings. The fraction of sp³-hybridized carbons (Fsp3) is 0.0667. The van der Waals surface area contributed by atoms with Crippen molar-refractivity contribution in [3.05, 3.63) is 70.9 Å². The van der Waals surface area contributed by atoms with Gasteiger partial charge in [0.2, 0.25) is 0 Å². The molecule has 0 amide bonds. The lowest BCUT2D eigenvalue weighted by Gasteiger charge is -2.08. The van der Waals surface area contributed by atoms with Crippen LogP contribution in [0.15, 0.2) is 55.1 Å². The Labute approximate surface area is 138 Å². The summed E-state index contributed by atoms with van der Waals surface area (Å²) < 4.78 is 23.2. The molecule has 0 aliphatic heterocycles. The molecule has 0 N–H and O–H groups in total. The third-order valence-corrected chi connectivity index (χ3v) is 3.97. The van der Waals surface area contributed by atoms with Gasteiger partial charge in [0.1, 0.15) is 10.7 Å². The molecule has 9 heteroatoms. The van der Waals surface area contributed by atoms with Crippen LogP contribution in [0.4, 0.5) is 5.69 Å². The van der Waals surface area contributed by atoms with Crippen LogP contribution < -0.4 is 0 Å². The number of pyridine rings is 1. The van der Waals surface area contributed by atoms with Gasteiger partial charge in [0.25, 0.3) is 5.69 Å². The smallest absolute Gasteiger partial charge is 0.269 e. The van der Waals surface area contributed by atoms with Crippen LogP contribution in [0.3, 0.4) is 0 Å². The first-order chi connectivity index (χ1) is 11.5. The van der Waals surface area contributed by atoms with Crippen molar-refractivity contribution in [2.75, 3.05) is 0 Å². The van der Waals surface area contributed by atoms with E-state index in [1.807, 2.05) is 0 Å². The fourth-order valence-electron chi connectivity index (χ4n) is 2.25. The lowest BCUT2D eigenvalue weighted by atomic mass is 10.1. The Balaban J connectivity index is 1.94. The zero-order valence-corrected chi connectivity index (χ0v) is 13.2. The summed E-state index contributed by atoms with van der Waals surface area (Å²) >= 11 is 0. The molecule has 3 rings (SSSR count). The van der Waals surface area contributed by atoms with Gasteiger partial charge in [-0.3, -0.25) is 19.7 Å². The normalized spacial score (nSPS) is 10.9. The number of benzene rings is 1. The van der Waals surface area contributed by atoms with Crippen LogP contribution in [-0.4, -0.2) is 27.9 Å². The quantitative estimate of drug-likeness (QED) is 0.430. The Kier molecular flexibility index (Phi) is 4.34. The molecule has 0 aliphatic rings. The summed E-state index contributed by atoms with van der Waals surface area (Å²) in [4.78, 5) is 18.5. The van der Waals surface area contributed by atoms with Gasteiger partial charge in [-0.1, -0.05) is 0 Å². The number of thiol groups is 1. The Morgan fingerprint density at radius 1 is 1.08 bits per heavy atom. The molecular formula is C15H12N4O4S. The molecule has 0 saturated carbocycles. The van der Waals surface area contributed by atoms with E-state index in [1.54, 1.807) is 47.6 Å². The Morgan fingerprint density at radius 2 is 1.83 bits per heavy atom. The minimum atomic E-state index is -2.52. The Morgan fingerprint density at radius 3 is 2.42 bits per heavy atom. The Bertz CT molecular complexity index is 938. The number of nitro groups is 1. The van der Waals surface area contributed by atoms with Crippen LogP contribution in [0.25, 0.3) is 16.9 Å². The van der Waals surface area contributed by atoms with E-state index in [0.717, 1.165) is 11.3 Å². The molecule has 1 aromatic carbocycles. The van der Waals surface area contributed by atoms with E-state index in [1.165, 1.54) is 12.1 Å². The summed E-state index contributed by atoms with van der Waals surface area (Å²) in [6, 6.07) is 9.54. The largest absolute Gasteiger partial charge is 0.297 e. The highest BCUT2D eigenvalue weighted by Gasteiger charge is 2.10. The van der Waals surface area contributed by atoms with E-state index in [0.29, 0.717) is 11.4 Å². The molecular weight excluding hydrogens is 332 g/mol. The van der Waals surface area contributed by atoms with Crippen molar-refractivity contribution in [3.8, 4) is 16.9 Å². The number of nitro benzene ring substituents is 1. The second kappa shape index (κ2) is 6.59. The molecule has 2 aromatic heterocycles. The standard InChI is InChI=1S/C15H12N4O4S/c20-19(21)13-4-1-11(2-5-13)15-8-16-10-18(15)14-6-3-12(17-7-14)9-24(22)23/h1-8,10,24H,9H2. The highest BCUT2D eigenvalue weighted by atomic mass is 32.2. The van der Waals surface area contributed by atoms with Gasteiger partial charge in [0, 0.05) is 17.7 Å². The summed E-state index contributed by atoms with van der Waals surface area (Å²) in [6.45, 7) is 0. The number of nitrogens with zero attached hydrogens (tertiary/aromatic N) is 4. The highest BCUT2D eigenvalue weighted by molar-refractivity contribution is 7.71. The first-order valence-corrected chi connectivity index (χ1v) is 8.25. The minimum Gasteiger partial charge on any atom is -0.297 e. The molecule has 0 aliphatic carbocycles. The monoisotopic (exact) mass is 344 g/mol. The molecule has 0 radical (unpaired) electrons. The first kappa shape index (κ1) is 15.8. The third-order valence-electron chi connectivity index (χ3n) is 3.39. The van der Waals surface area contributed by atoms with Crippen molar-refractivity contribution in [1.82, 2.24) is 14.5 Å². The van der Waals surface area contributed by atoms with E-state index < -0.39 is 15.6 Å². The van der Waals surface area contributed by atoms with Gasteiger partial charge < -0.3 is 0 Å². The minimum absolute atomic E-state index is 0.0163. The highest BCUT2D eigenvalue weighted by Crippen LogP contribution is 2.24. The average Bonchev–Trinajstić information content (AvgIpc) is 3.04. The van der Waals surface area contributed by atoms with E-state index in [9.17, 15) is 18.5 Å².